The topological polar surface area (TPSA) is 102 Å². The molecule has 34 heavy (non-hydrogen) atoms. The number of carbonyl (C=O) groups is 1. The number of nitrogen functional groups attached to an aromatic ring is 1. The van der Waals surface area contributed by atoms with Crippen molar-refractivity contribution in [3.63, 3.8) is 0 Å². The van der Waals surface area contributed by atoms with E-state index in [0.29, 0.717) is 29.2 Å². The fraction of sp³-hybridized carbons (Fsp3) is 0.375. The van der Waals surface area contributed by atoms with Gasteiger partial charge in [0.2, 0.25) is 0 Å². The van der Waals surface area contributed by atoms with Gasteiger partial charge in [-0.1, -0.05) is 6.92 Å². The maximum Gasteiger partial charge on any atom is 0.417 e. The largest absolute Gasteiger partial charge is 0.417 e. The molecule has 3 aromatic rings. The zero-order valence-electron chi connectivity index (χ0n) is 18.8. The molecule has 1 unspecified atom stereocenters. The summed E-state index contributed by atoms with van der Waals surface area (Å²) in [4.78, 5) is 23.3. The number of hydrogen-bond acceptors (Lipinski definition) is 6. The summed E-state index contributed by atoms with van der Waals surface area (Å²) in [5.41, 5.74) is 8.29. The molecule has 0 saturated carbocycles. The van der Waals surface area contributed by atoms with Gasteiger partial charge in [0.15, 0.2) is 0 Å². The van der Waals surface area contributed by atoms with Gasteiger partial charge in [-0.3, -0.25) is 9.78 Å². The van der Waals surface area contributed by atoms with Crippen LogP contribution >= 0.6 is 0 Å². The van der Waals surface area contributed by atoms with Crippen LogP contribution in [0.15, 0.2) is 36.5 Å². The Balaban J connectivity index is 1.67. The van der Waals surface area contributed by atoms with Gasteiger partial charge < -0.3 is 20.5 Å². The molecular weight excluding hydrogens is 449 g/mol. The van der Waals surface area contributed by atoms with E-state index in [-0.39, 0.29) is 37.6 Å². The van der Waals surface area contributed by atoms with Crippen LogP contribution in [0.3, 0.4) is 0 Å². The van der Waals surface area contributed by atoms with Crippen molar-refractivity contribution in [2.24, 2.45) is 5.92 Å². The standard InChI is InChI=1S/C24H25F3N4O3/c1-13(11-32)9-31(10-17-5-4-16(8-29-17)24(25,26)27)23(33)15-3-6-20-18(7-15)19-12-34-14(2)21(19)22(28)30-20/h3-8,13-14,32H,9-12H2,1-2H3,(H2,28,30)/t13?,14-/m0/s1. The van der Waals surface area contributed by atoms with Crippen molar-refractivity contribution >= 4 is 22.6 Å². The molecule has 0 radical (unpaired) electrons. The SMILES string of the molecule is CC(CO)CN(Cc1ccc(C(F)(F)F)cn1)C(=O)c1ccc2nc(N)c3c(c2c1)CO[C@H]3C. The molecule has 7 nitrogen and oxygen atoms in total. The predicted octanol–water partition coefficient (Wildman–Crippen LogP) is 4.09. The Morgan fingerprint density at radius 3 is 2.74 bits per heavy atom. The minimum absolute atomic E-state index is 0.00239. The molecule has 2 aromatic heterocycles. The summed E-state index contributed by atoms with van der Waals surface area (Å²) in [6.07, 6.45) is -3.93. The van der Waals surface area contributed by atoms with Crippen molar-refractivity contribution in [3.05, 3.63) is 64.5 Å². The molecule has 4 rings (SSSR count). The van der Waals surface area contributed by atoms with Crippen LogP contribution in [0, 0.1) is 5.92 Å². The third-order valence-corrected chi connectivity index (χ3v) is 5.93. The van der Waals surface area contributed by atoms with Crippen molar-refractivity contribution in [1.29, 1.82) is 0 Å². The maximum absolute atomic E-state index is 13.5. The Morgan fingerprint density at radius 1 is 1.32 bits per heavy atom. The van der Waals surface area contributed by atoms with Crippen LogP contribution in [-0.2, 0) is 24.1 Å². The van der Waals surface area contributed by atoms with E-state index in [4.69, 9.17) is 10.5 Å². The number of ether oxygens (including phenoxy) is 1. The van der Waals surface area contributed by atoms with E-state index in [1.807, 2.05) is 6.92 Å². The molecule has 3 N–H and O–H groups in total. The third-order valence-electron chi connectivity index (χ3n) is 5.93. The number of amides is 1. The summed E-state index contributed by atoms with van der Waals surface area (Å²) >= 11 is 0. The molecule has 1 aliphatic rings. The summed E-state index contributed by atoms with van der Waals surface area (Å²) in [5, 5.41) is 10.3. The van der Waals surface area contributed by atoms with Gasteiger partial charge in [0, 0.05) is 35.9 Å². The molecule has 0 aliphatic carbocycles. The predicted molar refractivity (Wildman–Crippen MR) is 120 cm³/mol. The molecule has 0 spiro atoms. The van der Waals surface area contributed by atoms with Gasteiger partial charge in [-0.25, -0.2) is 4.98 Å². The molecule has 0 fully saturated rings. The molecule has 180 valence electrons. The van der Waals surface area contributed by atoms with E-state index < -0.39 is 11.7 Å². The van der Waals surface area contributed by atoms with Crippen LogP contribution < -0.4 is 5.73 Å². The number of halogens is 3. The van der Waals surface area contributed by atoms with Crippen LogP contribution in [0.25, 0.3) is 10.9 Å². The van der Waals surface area contributed by atoms with Crippen molar-refractivity contribution in [2.45, 2.75) is 39.3 Å². The number of nitrogens with zero attached hydrogens (tertiary/aromatic N) is 3. The Morgan fingerprint density at radius 2 is 2.09 bits per heavy atom. The van der Waals surface area contributed by atoms with Crippen molar-refractivity contribution in [2.75, 3.05) is 18.9 Å². The fourth-order valence-electron chi connectivity index (χ4n) is 4.12. The molecule has 1 aliphatic heterocycles. The van der Waals surface area contributed by atoms with Crippen molar-refractivity contribution in [3.8, 4) is 0 Å². The van der Waals surface area contributed by atoms with Gasteiger partial charge in [-0.05, 0) is 48.7 Å². The summed E-state index contributed by atoms with van der Waals surface area (Å²) in [5.74, 6) is -0.168. The smallest absolute Gasteiger partial charge is 0.396 e. The van der Waals surface area contributed by atoms with Crippen LogP contribution in [0.2, 0.25) is 0 Å². The van der Waals surface area contributed by atoms with E-state index >= 15 is 0 Å². The first-order valence-corrected chi connectivity index (χ1v) is 10.8. The second-order valence-corrected chi connectivity index (χ2v) is 8.58. The number of alkyl halides is 3. The highest BCUT2D eigenvalue weighted by Crippen LogP contribution is 2.38. The van der Waals surface area contributed by atoms with Gasteiger partial charge in [0.1, 0.15) is 5.82 Å². The van der Waals surface area contributed by atoms with Crippen LogP contribution in [0.4, 0.5) is 19.0 Å². The van der Waals surface area contributed by atoms with Gasteiger partial charge in [-0.2, -0.15) is 13.2 Å². The number of aromatic nitrogens is 2. The lowest BCUT2D eigenvalue weighted by Crippen LogP contribution is -2.35. The number of fused-ring (bicyclic) bond motifs is 3. The Hall–Kier alpha value is -3.24. The third kappa shape index (κ3) is 4.69. The second kappa shape index (κ2) is 9.19. The van der Waals surface area contributed by atoms with E-state index in [2.05, 4.69) is 9.97 Å². The number of nitrogens with two attached hydrogens (primary N) is 1. The van der Waals surface area contributed by atoms with Gasteiger partial charge >= 0.3 is 6.18 Å². The summed E-state index contributed by atoms with van der Waals surface area (Å²) in [6.45, 7) is 4.08. The minimum atomic E-state index is -4.49. The Bertz CT molecular complexity index is 1210. The quantitative estimate of drug-likeness (QED) is 0.558. The molecule has 1 amide bonds. The van der Waals surface area contributed by atoms with Crippen LogP contribution in [0.1, 0.15) is 52.7 Å². The number of anilines is 1. The summed E-state index contributed by atoms with van der Waals surface area (Å²) < 4.78 is 44.3. The lowest BCUT2D eigenvalue weighted by atomic mass is 10.00. The number of benzene rings is 1. The summed E-state index contributed by atoms with van der Waals surface area (Å²) in [7, 11) is 0. The maximum atomic E-state index is 13.5. The first kappa shape index (κ1) is 23.9. The second-order valence-electron chi connectivity index (χ2n) is 8.58. The van der Waals surface area contributed by atoms with Crippen LogP contribution in [-0.4, -0.2) is 39.0 Å². The number of aliphatic hydroxyl groups excluding tert-OH is 1. The molecule has 0 saturated heterocycles. The molecule has 2 atom stereocenters. The average Bonchev–Trinajstić information content (AvgIpc) is 3.20. The van der Waals surface area contributed by atoms with Gasteiger partial charge in [0.25, 0.3) is 5.91 Å². The normalized spacial score (nSPS) is 16.5. The summed E-state index contributed by atoms with van der Waals surface area (Å²) in [6, 6.07) is 7.29. The zero-order chi connectivity index (χ0) is 24.6. The highest BCUT2D eigenvalue weighted by Gasteiger charge is 2.31. The first-order valence-electron chi connectivity index (χ1n) is 10.8. The highest BCUT2D eigenvalue weighted by atomic mass is 19.4. The van der Waals surface area contributed by atoms with E-state index in [1.165, 1.54) is 11.0 Å². The zero-order valence-corrected chi connectivity index (χ0v) is 18.8. The Kier molecular flexibility index (Phi) is 6.46. The molecular formula is C24H25F3N4O3. The average molecular weight is 474 g/mol. The number of rotatable bonds is 6. The number of pyridine rings is 2. The number of aliphatic hydroxyl groups is 1. The molecule has 10 heteroatoms. The molecule has 1 aromatic carbocycles. The van der Waals surface area contributed by atoms with E-state index in [1.54, 1.807) is 25.1 Å². The first-order chi connectivity index (χ1) is 16.1. The van der Waals surface area contributed by atoms with E-state index in [0.717, 1.165) is 28.8 Å². The number of carbonyl (C=O) groups excluding carboxylic acids is 1. The fourth-order valence-corrected chi connectivity index (χ4v) is 4.12. The molecule has 3 heterocycles. The minimum Gasteiger partial charge on any atom is -0.396 e. The lowest BCUT2D eigenvalue weighted by Gasteiger charge is -2.25. The van der Waals surface area contributed by atoms with Crippen LogP contribution in [0.5, 0.6) is 0 Å². The van der Waals surface area contributed by atoms with Crippen molar-refractivity contribution in [1.82, 2.24) is 14.9 Å². The van der Waals surface area contributed by atoms with E-state index in [9.17, 15) is 23.1 Å². The number of hydrogen-bond donors (Lipinski definition) is 2. The highest BCUT2D eigenvalue weighted by molar-refractivity contribution is 5.99. The monoisotopic (exact) mass is 474 g/mol. The van der Waals surface area contributed by atoms with Crippen molar-refractivity contribution < 1.29 is 27.8 Å². The van der Waals surface area contributed by atoms with Gasteiger partial charge in [-0.15, -0.1) is 0 Å². The molecule has 0 bridgehead atoms. The lowest BCUT2D eigenvalue weighted by molar-refractivity contribution is -0.137. The van der Waals surface area contributed by atoms with Gasteiger partial charge in [0.05, 0.1) is 36.0 Å². The Labute approximate surface area is 194 Å².